The summed E-state index contributed by atoms with van der Waals surface area (Å²) in [7, 11) is 0. The molecule has 3 heterocycles. The first kappa shape index (κ1) is 43.5. The van der Waals surface area contributed by atoms with Gasteiger partial charge in [-0.3, -0.25) is 15.0 Å². The van der Waals surface area contributed by atoms with Crippen LogP contribution in [-0.2, 0) is 25.5 Å². The summed E-state index contributed by atoms with van der Waals surface area (Å²) in [5.41, 5.74) is 12.8. The van der Waals surface area contributed by atoms with E-state index in [4.69, 9.17) is 9.40 Å². The molecule has 0 spiro atoms. The van der Waals surface area contributed by atoms with E-state index in [9.17, 15) is 0 Å². The van der Waals surface area contributed by atoms with Gasteiger partial charge in [0, 0.05) is 48.5 Å². The normalized spacial score (nSPS) is 11.8. The molecule has 0 fully saturated rings. The number of benzene rings is 8. The number of imidazole rings is 1. The van der Waals surface area contributed by atoms with Crippen LogP contribution in [0.1, 0.15) is 77.1 Å². The van der Waals surface area contributed by atoms with Crippen molar-refractivity contribution in [1.29, 1.82) is 0 Å². The average molecular weight is 1020 g/mol. The predicted molar refractivity (Wildman–Crippen MR) is 266 cm³/mol. The number of hydrogen-bond donors (Lipinski definition) is 0. The second kappa shape index (κ2) is 17.7. The summed E-state index contributed by atoms with van der Waals surface area (Å²) >= 11 is 0. The molecule has 0 saturated carbocycles. The second-order valence-corrected chi connectivity index (χ2v) is 18.3. The summed E-state index contributed by atoms with van der Waals surface area (Å²) in [6.45, 7) is 15.6. The van der Waals surface area contributed by atoms with Gasteiger partial charge < -0.3 is 8.98 Å². The van der Waals surface area contributed by atoms with E-state index in [0.717, 1.165) is 61.4 Å². The van der Waals surface area contributed by atoms with Gasteiger partial charge >= 0.3 is 0 Å². The monoisotopic (exact) mass is 1020 g/mol. The van der Waals surface area contributed by atoms with Gasteiger partial charge in [0.2, 0.25) is 0 Å². The van der Waals surface area contributed by atoms with Gasteiger partial charge in [-0.2, -0.15) is 0 Å². The van der Waals surface area contributed by atoms with E-state index in [1.807, 2.05) is 42.6 Å². The quantitative estimate of drug-likeness (QED) is 0.123. The molecule has 8 aromatic carbocycles. The first-order chi connectivity index (χ1) is 31.0. The smallest absolute Gasteiger partial charge is 0.121 e. The van der Waals surface area contributed by atoms with Crippen LogP contribution < -0.4 is 0 Å². The third-order valence-electron chi connectivity index (χ3n) is 12.2. The first-order valence-electron chi connectivity index (χ1n) is 22.2. The minimum Gasteiger partial charge on any atom is -0.501 e. The fraction of sp³-hybridized carbons (Fsp3) is 0.169. The van der Waals surface area contributed by atoms with Crippen molar-refractivity contribution in [3.05, 3.63) is 193 Å². The van der Waals surface area contributed by atoms with Gasteiger partial charge in [0.05, 0.1) is 28.3 Å². The van der Waals surface area contributed by atoms with Gasteiger partial charge in [-0.25, -0.2) is 0 Å². The van der Waals surface area contributed by atoms with Crippen LogP contribution >= 0.6 is 0 Å². The molecule has 0 saturated heterocycles. The zero-order chi connectivity index (χ0) is 44.1. The Bertz CT molecular complexity index is 3460. The number of rotatable bonds is 6. The van der Waals surface area contributed by atoms with Crippen molar-refractivity contribution >= 4 is 54.5 Å². The summed E-state index contributed by atoms with van der Waals surface area (Å²) in [5, 5.41) is 7.02. The van der Waals surface area contributed by atoms with Crippen LogP contribution in [0.4, 0.5) is 0 Å². The molecule has 65 heavy (non-hydrogen) atoms. The van der Waals surface area contributed by atoms with E-state index in [1.165, 1.54) is 49.5 Å². The van der Waals surface area contributed by atoms with Crippen molar-refractivity contribution in [3.8, 4) is 39.6 Å². The van der Waals surface area contributed by atoms with E-state index < -0.39 is 0 Å². The molecule has 11 rings (SSSR count). The van der Waals surface area contributed by atoms with E-state index in [2.05, 4.69) is 196 Å². The molecule has 0 bridgehead atoms. The molecule has 3 aromatic heterocycles. The van der Waals surface area contributed by atoms with Gasteiger partial charge in [-0.1, -0.05) is 138 Å². The maximum Gasteiger partial charge on any atom is 0.121 e. The number of nitrogens with zero attached hydrogens (tertiary/aromatic N) is 4. The van der Waals surface area contributed by atoms with Gasteiger partial charge in [0.1, 0.15) is 5.58 Å². The fourth-order valence-electron chi connectivity index (χ4n) is 8.88. The van der Waals surface area contributed by atoms with Crippen LogP contribution in [0.2, 0.25) is 0 Å². The SMILES string of the molecule is CC(C)(C)c1ccnc(-c2[c-]cccc2)n1.CC(C)c1cc(-c2ccccc2)cc(C(C)C)c1-n1c(-c2[c-]ccc3c2oc2cc4c(ccc5ccccc54)cc23)nc2ccccc21.[Ir]. The van der Waals surface area contributed by atoms with Crippen molar-refractivity contribution in [2.24, 2.45) is 0 Å². The van der Waals surface area contributed by atoms with Crippen molar-refractivity contribution < 1.29 is 24.5 Å². The Balaban J connectivity index is 0.000000266. The summed E-state index contributed by atoms with van der Waals surface area (Å²) < 4.78 is 9.20. The molecule has 1 radical (unpaired) electrons. The van der Waals surface area contributed by atoms with Crippen LogP contribution in [0.15, 0.2) is 168 Å². The average Bonchev–Trinajstić information content (AvgIpc) is 3.89. The summed E-state index contributed by atoms with van der Waals surface area (Å²) in [6, 6.07) is 62.0. The number of hydrogen-bond acceptors (Lipinski definition) is 4. The molecule has 0 N–H and O–H groups in total. The third kappa shape index (κ3) is 8.18. The van der Waals surface area contributed by atoms with Crippen molar-refractivity contribution in [2.75, 3.05) is 0 Å². The van der Waals surface area contributed by atoms with E-state index in [-0.39, 0.29) is 37.4 Å². The number of para-hydroxylation sites is 2. The Morgan fingerprint density at radius 2 is 1.29 bits per heavy atom. The van der Waals surface area contributed by atoms with E-state index in [0.29, 0.717) is 0 Å². The van der Waals surface area contributed by atoms with Crippen molar-refractivity contribution in [1.82, 2.24) is 19.5 Å². The van der Waals surface area contributed by atoms with Gasteiger partial charge in [-0.15, -0.1) is 54.1 Å². The van der Waals surface area contributed by atoms with Crippen molar-refractivity contribution in [2.45, 2.75) is 65.7 Å². The van der Waals surface area contributed by atoms with Gasteiger partial charge in [-0.05, 0) is 98.1 Å². The number of furan rings is 1. The maximum absolute atomic E-state index is 6.83. The first-order valence-corrected chi connectivity index (χ1v) is 22.2. The Kier molecular flexibility index (Phi) is 11.8. The molecule has 0 aliphatic carbocycles. The maximum atomic E-state index is 6.83. The van der Waals surface area contributed by atoms with Crippen LogP contribution in [-0.4, -0.2) is 19.5 Å². The Hall–Kier alpha value is -6.72. The minimum atomic E-state index is 0. The predicted octanol–water partition coefficient (Wildman–Crippen LogP) is 15.9. The largest absolute Gasteiger partial charge is 0.501 e. The minimum absolute atomic E-state index is 0. The molecular weight excluding hydrogens is 973 g/mol. The van der Waals surface area contributed by atoms with Gasteiger partial charge in [0.15, 0.2) is 0 Å². The van der Waals surface area contributed by atoms with Gasteiger partial charge in [0.25, 0.3) is 0 Å². The molecule has 0 atom stereocenters. The topological polar surface area (TPSA) is 56.7 Å². The molecule has 0 amide bonds. The standard InChI is InChI=1S/C45H35N2O.C14H15N2.Ir/c1-27(2)36-24-32(29-13-6-5-7-14-29)25-37(28(3)4)43(36)47-41-20-11-10-19-40(41)46-45(47)35-18-12-17-34-39-23-31-22-21-30-15-8-9-16-33(30)38(31)26-42(39)48-44(34)35;1-14(2,3)12-9-10-15-13(16-12)11-7-5-4-6-8-11;/h5-17,19-28H,1-4H3;4-7,9-10H,1-3H3;/q2*-1;. The Labute approximate surface area is 394 Å². The molecule has 323 valence electrons. The fourth-order valence-corrected chi connectivity index (χ4v) is 8.88. The zero-order valence-corrected chi connectivity index (χ0v) is 40.2. The molecule has 0 aliphatic rings. The Morgan fingerprint density at radius 1 is 0.585 bits per heavy atom. The van der Waals surface area contributed by atoms with Crippen LogP contribution in [0.5, 0.6) is 0 Å². The molecule has 5 nitrogen and oxygen atoms in total. The molecule has 6 heteroatoms. The van der Waals surface area contributed by atoms with E-state index in [1.54, 1.807) is 0 Å². The van der Waals surface area contributed by atoms with Crippen molar-refractivity contribution in [3.63, 3.8) is 0 Å². The summed E-state index contributed by atoms with van der Waals surface area (Å²) in [5.74, 6) is 2.15. The second-order valence-electron chi connectivity index (χ2n) is 18.3. The van der Waals surface area contributed by atoms with Crippen LogP contribution in [0, 0.1) is 12.1 Å². The third-order valence-corrected chi connectivity index (χ3v) is 12.2. The van der Waals surface area contributed by atoms with Crippen LogP contribution in [0.25, 0.3) is 94.1 Å². The summed E-state index contributed by atoms with van der Waals surface area (Å²) in [6.07, 6.45) is 1.81. The number of aromatic nitrogens is 4. The molecular formula is C59H50IrN4O-2. The molecule has 0 aliphatic heterocycles. The van der Waals surface area contributed by atoms with Crippen LogP contribution in [0.3, 0.4) is 0 Å². The molecule has 11 aromatic rings. The molecule has 0 unspecified atom stereocenters. The van der Waals surface area contributed by atoms with E-state index >= 15 is 0 Å². The zero-order valence-electron chi connectivity index (χ0n) is 37.8. The Morgan fingerprint density at radius 3 is 2.03 bits per heavy atom. The summed E-state index contributed by atoms with van der Waals surface area (Å²) in [4.78, 5) is 14.2. The number of fused-ring (bicyclic) bond motifs is 7.